The van der Waals surface area contributed by atoms with Crippen molar-refractivity contribution < 1.29 is 13.2 Å². The third kappa shape index (κ3) is 1.35. The van der Waals surface area contributed by atoms with Crippen molar-refractivity contribution in [3.63, 3.8) is 0 Å². The zero-order valence-electron chi connectivity index (χ0n) is 4.29. The first-order chi connectivity index (χ1) is 4.11. The van der Waals surface area contributed by atoms with Crippen molar-refractivity contribution in [3.8, 4) is 0 Å². The summed E-state index contributed by atoms with van der Waals surface area (Å²) < 4.78 is 34.7. The lowest BCUT2D eigenvalue weighted by Crippen LogP contribution is -2.41. The van der Waals surface area contributed by atoms with Gasteiger partial charge in [0.2, 0.25) is 0 Å². The fraction of sp³-hybridized carbons (Fsp3) is 0.500. The van der Waals surface area contributed by atoms with Crippen LogP contribution in [0.15, 0.2) is 6.20 Å². The summed E-state index contributed by atoms with van der Waals surface area (Å²) in [6, 6.07) is -1.66. The van der Waals surface area contributed by atoms with Crippen molar-refractivity contribution in [2.24, 2.45) is 0 Å². The van der Waals surface area contributed by atoms with Crippen molar-refractivity contribution in [1.29, 1.82) is 0 Å². The molecule has 1 aliphatic heterocycles. The third-order valence-corrected chi connectivity index (χ3v) is 0.877. The molecule has 0 spiro atoms. The molecule has 9 heavy (non-hydrogen) atoms. The highest BCUT2D eigenvalue weighted by molar-refractivity contribution is 4.93. The zero-order valence-corrected chi connectivity index (χ0v) is 4.29. The SMILES string of the molecule is FC(F)(F)C1[C]=CNN1. The highest BCUT2D eigenvalue weighted by Crippen LogP contribution is 2.20. The zero-order chi connectivity index (χ0) is 6.91. The summed E-state index contributed by atoms with van der Waals surface area (Å²) in [7, 11) is 0. The molecule has 0 amide bonds. The van der Waals surface area contributed by atoms with E-state index in [1.165, 1.54) is 0 Å². The van der Waals surface area contributed by atoms with Gasteiger partial charge in [0, 0.05) is 12.3 Å². The van der Waals surface area contributed by atoms with Crippen molar-refractivity contribution in [2.75, 3.05) is 0 Å². The Morgan fingerprint density at radius 3 is 2.33 bits per heavy atom. The van der Waals surface area contributed by atoms with E-state index in [4.69, 9.17) is 0 Å². The van der Waals surface area contributed by atoms with Crippen LogP contribution in [-0.4, -0.2) is 12.2 Å². The Bertz CT molecular complexity index is 128. The van der Waals surface area contributed by atoms with Crippen LogP contribution in [0.2, 0.25) is 0 Å². The van der Waals surface area contributed by atoms with Crippen LogP contribution in [0.1, 0.15) is 0 Å². The van der Waals surface area contributed by atoms with Gasteiger partial charge in [-0.1, -0.05) is 0 Å². The molecular formula is C4H4F3N2. The van der Waals surface area contributed by atoms with Gasteiger partial charge in [0.05, 0.1) is 0 Å². The van der Waals surface area contributed by atoms with Crippen molar-refractivity contribution in [3.05, 3.63) is 12.3 Å². The van der Waals surface area contributed by atoms with Crippen LogP contribution in [0.3, 0.4) is 0 Å². The van der Waals surface area contributed by atoms with Crippen molar-refractivity contribution in [1.82, 2.24) is 10.9 Å². The van der Waals surface area contributed by atoms with Crippen LogP contribution in [-0.2, 0) is 0 Å². The van der Waals surface area contributed by atoms with E-state index in [2.05, 4.69) is 5.43 Å². The average molecular weight is 137 g/mol. The molecule has 51 valence electrons. The van der Waals surface area contributed by atoms with E-state index in [0.29, 0.717) is 0 Å². The summed E-state index contributed by atoms with van der Waals surface area (Å²) in [6.07, 6.45) is -1.12. The minimum Gasteiger partial charge on any atom is -0.328 e. The van der Waals surface area contributed by atoms with Crippen molar-refractivity contribution in [2.45, 2.75) is 12.2 Å². The second-order valence-electron chi connectivity index (χ2n) is 1.57. The molecule has 0 aromatic heterocycles. The van der Waals surface area contributed by atoms with Gasteiger partial charge in [-0.3, -0.25) is 0 Å². The van der Waals surface area contributed by atoms with E-state index in [-0.39, 0.29) is 0 Å². The normalized spacial score (nSPS) is 26.3. The number of halogens is 3. The van der Waals surface area contributed by atoms with Gasteiger partial charge in [-0.2, -0.15) is 13.2 Å². The third-order valence-electron chi connectivity index (χ3n) is 0.877. The van der Waals surface area contributed by atoms with E-state index in [9.17, 15) is 13.2 Å². The van der Waals surface area contributed by atoms with Crippen LogP contribution < -0.4 is 10.9 Å². The first-order valence-electron chi connectivity index (χ1n) is 2.26. The van der Waals surface area contributed by atoms with Gasteiger partial charge in [0.1, 0.15) is 6.04 Å². The second-order valence-corrected chi connectivity index (χ2v) is 1.57. The lowest BCUT2D eigenvalue weighted by molar-refractivity contribution is -0.145. The van der Waals surface area contributed by atoms with Gasteiger partial charge in [0.15, 0.2) is 0 Å². The van der Waals surface area contributed by atoms with Gasteiger partial charge >= 0.3 is 6.18 Å². The topological polar surface area (TPSA) is 24.1 Å². The Balaban J connectivity index is 2.53. The maximum atomic E-state index is 11.6. The Morgan fingerprint density at radius 2 is 2.11 bits per heavy atom. The summed E-state index contributed by atoms with van der Waals surface area (Å²) in [5, 5.41) is 0. The summed E-state index contributed by atoms with van der Waals surface area (Å²) in [6.45, 7) is 0. The van der Waals surface area contributed by atoms with Gasteiger partial charge in [-0.05, 0) is 0 Å². The van der Waals surface area contributed by atoms with Crippen LogP contribution in [0.5, 0.6) is 0 Å². The Labute approximate surface area is 49.7 Å². The molecule has 2 nitrogen and oxygen atoms in total. The summed E-state index contributed by atoms with van der Waals surface area (Å²) >= 11 is 0. The number of hydrogen-bond acceptors (Lipinski definition) is 2. The molecule has 0 fully saturated rings. The number of nitrogens with one attached hydrogen (secondary N) is 2. The first-order valence-corrected chi connectivity index (χ1v) is 2.26. The molecule has 0 saturated carbocycles. The Hall–Kier alpha value is -0.710. The summed E-state index contributed by atoms with van der Waals surface area (Å²) in [5.41, 5.74) is 4.13. The lowest BCUT2D eigenvalue weighted by Gasteiger charge is -2.11. The molecule has 1 radical (unpaired) electrons. The number of hydrogen-bond donors (Lipinski definition) is 2. The average Bonchev–Trinajstić information content (AvgIpc) is 2.08. The van der Waals surface area contributed by atoms with Crippen LogP contribution in [0, 0.1) is 6.08 Å². The lowest BCUT2D eigenvalue weighted by atomic mass is 10.3. The molecule has 1 unspecified atom stereocenters. The number of rotatable bonds is 0. The Kier molecular flexibility index (Phi) is 1.36. The summed E-state index contributed by atoms with van der Waals surface area (Å²) in [4.78, 5) is 0. The predicted molar refractivity (Wildman–Crippen MR) is 23.9 cm³/mol. The number of hydrazine groups is 1. The molecule has 0 aliphatic carbocycles. The van der Waals surface area contributed by atoms with Gasteiger partial charge in [-0.25, -0.2) is 5.43 Å². The van der Waals surface area contributed by atoms with E-state index in [1.54, 1.807) is 0 Å². The quantitative estimate of drug-likeness (QED) is 0.503. The predicted octanol–water partition coefficient (Wildman–Crippen LogP) is 0.342. The van der Waals surface area contributed by atoms with E-state index in [1.807, 2.05) is 11.5 Å². The highest BCUT2D eigenvalue weighted by Gasteiger charge is 2.39. The van der Waals surface area contributed by atoms with Crippen LogP contribution in [0.4, 0.5) is 13.2 Å². The van der Waals surface area contributed by atoms with Gasteiger partial charge < -0.3 is 5.43 Å². The first kappa shape index (κ1) is 6.41. The Morgan fingerprint density at radius 1 is 1.44 bits per heavy atom. The maximum absolute atomic E-state index is 11.6. The number of alkyl halides is 3. The molecular weight excluding hydrogens is 133 g/mol. The fourth-order valence-corrected chi connectivity index (χ4v) is 0.468. The largest absolute Gasteiger partial charge is 0.409 e. The minimum absolute atomic E-state index is 1.10. The van der Waals surface area contributed by atoms with Crippen LogP contribution in [0.25, 0.3) is 0 Å². The monoisotopic (exact) mass is 137 g/mol. The molecule has 0 bridgehead atoms. The van der Waals surface area contributed by atoms with Gasteiger partial charge in [-0.15, -0.1) is 0 Å². The second kappa shape index (κ2) is 1.91. The van der Waals surface area contributed by atoms with E-state index >= 15 is 0 Å². The molecule has 5 heteroatoms. The minimum atomic E-state index is -4.24. The smallest absolute Gasteiger partial charge is 0.328 e. The maximum Gasteiger partial charge on any atom is 0.409 e. The summed E-state index contributed by atoms with van der Waals surface area (Å²) in [5.74, 6) is 0. The van der Waals surface area contributed by atoms with Crippen molar-refractivity contribution >= 4 is 0 Å². The van der Waals surface area contributed by atoms with Crippen LogP contribution >= 0.6 is 0 Å². The molecule has 0 saturated heterocycles. The molecule has 0 aromatic rings. The molecule has 2 N–H and O–H groups in total. The molecule has 1 aliphatic rings. The molecule has 1 atom stereocenters. The van der Waals surface area contributed by atoms with E-state index in [0.717, 1.165) is 6.20 Å². The standard InChI is InChI=1S/C4H4F3N2/c5-4(6,7)3-1-2-8-9-3/h2-3,8-9H. The van der Waals surface area contributed by atoms with E-state index < -0.39 is 12.2 Å². The molecule has 1 heterocycles. The highest BCUT2D eigenvalue weighted by atomic mass is 19.4. The molecule has 0 aromatic carbocycles. The van der Waals surface area contributed by atoms with Gasteiger partial charge in [0.25, 0.3) is 0 Å². The fourth-order valence-electron chi connectivity index (χ4n) is 0.468. The molecule has 1 rings (SSSR count).